The largest absolute Gasteiger partial charge is 0.416 e. The van der Waals surface area contributed by atoms with Gasteiger partial charge in [0.15, 0.2) is 0 Å². The second-order valence-corrected chi connectivity index (χ2v) is 12.7. The molecule has 6 nitrogen and oxygen atoms in total. The van der Waals surface area contributed by atoms with Crippen LogP contribution in [0.15, 0.2) is 54.6 Å². The molecule has 2 aliphatic rings. The lowest BCUT2D eigenvalue weighted by atomic mass is 9.90. The van der Waals surface area contributed by atoms with E-state index in [1.165, 1.54) is 4.90 Å². The predicted molar refractivity (Wildman–Crippen MR) is 167 cm³/mol. The number of piperidine rings is 1. The van der Waals surface area contributed by atoms with Crippen molar-refractivity contribution >= 4 is 17.5 Å². The van der Waals surface area contributed by atoms with E-state index in [0.717, 1.165) is 28.9 Å². The summed E-state index contributed by atoms with van der Waals surface area (Å²) in [5.74, 6) is -2.89. The highest BCUT2D eigenvalue weighted by Gasteiger charge is 2.40. The monoisotopic (exact) mass is 696 g/mol. The zero-order valence-electron chi connectivity index (χ0n) is 26.9. The van der Waals surface area contributed by atoms with Gasteiger partial charge in [-0.1, -0.05) is 18.2 Å². The van der Waals surface area contributed by atoms with E-state index in [1.807, 2.05) is 36.9 Å². The summed E-state index contributed by atoms with van der Waals surface area (Å²) >= 11 is 0. The van der Waals surface area contributed by atoms with Gasteiger partial charge < -0.3 is 10.2 Å². The highest BCUT2D eigenvalue weighted by atomic mass is 19.4. The number of carbonyl (C=O) groups excluding carboxylic acids is 2. The van der Waals surface area contributed by atoms with Crippen LogP contribution in [-0.2, 0) is 23.6 Å². The average molecular weight is 697 g/mol. The zero-order chi connectivity index (χ0) is 35.7. The summed E-state index contributed by atoms with van der Waals surface area (Å²) in [5.41, 5.74) is -1.12. The molecule has 2 fully saturated rings. The Morgan fingerprint density at radius 2 is 1.37 bits per heavy atom. The van der Waals surface area contributed by atoms with Crippen LogP contribution in [0.5, 0.6) is 0 Å². The molecule has 1 N–H and O–H groups in total. The van der Waals surface area contributed by atoms with Gasteiger partial charge in [0, 0.05) is 62.1 Å². The zero-order valence-corrected chi connectivity index (χ0v) is 26.9. The molecular weight excluding hydrogens is 660 g/mol. The van der Waals surface area contributed by atoms with Crippen LogP contribution in [-0.4, -0.2) is 77.9 Å². The first kappa shape index (κ1) is 36.2. The maximum absolute atomic E-state index is 14.1. The first-order chi connectivity index (χ1) is 23.0. The predicted octanol–water partition coefficient (Wildman–Crippen LogP) is 7.09. The molecule has 0 aliphatic carbocycles. The number of hydrogen-bond donors (Lipinski definition) is 1. The van der Waals surface area contributed by atoms with E-state index in [0.29, 0.717) is 50.8 Å². The van der Waals surface area contributed by atoms with Gasteiger partial charge in [-0.15, -0.1) is 0 Å². The van der Waals surface area contributed by atoms with E-state index < -0.39 is 52.6 Å². The third-order valence-electron chi connectivity index (χ3n) is 9.21. The molecule has 3 aromatic rings. The highest BCUT2D eigenvalue weighted by Crippen LogP contribution is 2.37. The molecule has 5 rings (SSSR count). The number of carbonyl (C=O) groups is 2. The molecule has 3 aromatic carbocycles. The van der Waals surface area contributed by atoms with Crippen molar-refractivity contribution in [2.45, 2.75) is 57.5 Å². The number of likely N-dealkylation sites (tertiary alicyclic amines) is 1. The van der Waals surface area contributed by atoms with Crippen LogP contribution in [0.3, 0.4) is 0 Å². The summed E-state index contributed by atoms with van der Waals surface area (Å²) in [6.45, 7) is 6.27. The van der Waals surface area contributed by atoms with Crippen molar-refractivity contribution < 1.29 is 44.7 Å². The fraction of sp³-hybridized carbons (Fsp3) is 0.429. The molecule has 2 saturated heterocycles. The van der Waals surface area contributed by atoms with Crippen molar-refractivity contribution in [3.8, 4) is 0 Å². The van der Waals surface area contributed by atoms with Crippen LogP contribution >= 0.6 is 0 Å². The second-order valence-electron chi connectivity index (χ2n) is 12.7. The van der Waals surface area contributed by atoms with Gasteiger partial charge in [-0.2, -0.15) is 26.3 Å². The molecule has 2 aliphatic heterocycles. The maximum Gasteiger partial charge on any atom is 0.416 e. The first-order valence-electron chi connectivity index (χ1n) is 15.9. The number of alkyl halides is 6. The van der Waals surface area contributed by atoms with Gasteiger partial charge in [0.25, 0.3) is 5.91 Å². The third kappa shape index (κ3) is 8.96. The van der Waals surface area contributed by atoms with Gasteiger partial charge in [-0.3, -0.25) is 19.4 Å². The second kappa shape index (κ2) is 14.4. The van der Waals surface area contributed by atoms with Gasteiger partial charge in [0.1, 0.15) is 11.6 Å². The molecule has 2 amide bonds. The first-order valence-corrected chi connectivity index (χ1v) is 15.9. The SMILES string of the molecule is Cc1cccc(C)c1NC(=O)CN1CCN(C2CCN(C(=O)c3cc(C(F)(F)F)cc(C(F)(F)F)c3)C(Cc3cc(F)cc(F)c3)C2)CC1. The standard InChI is InChI=1S/C35H36F8N4O2/c1-21-4-3-5-22(2)32(21)44-31(48)20-45-8-10-46(11-9-45)29-6-7-47(30(19-29)14-23-12-27(36)18-28(37)13-23)33(49)24-15-25(34(38,39)40)17-26(16-24)35(41,42)43/h3-5,12-13,15-18,29-30H,6-11,14,19-20H2,1-2H3,(H,44,48). The number of hydrogen-bond acceptors (Lipinski definition) is 4. The number of para-hydroxylation sites is 1. The number of piperazine rings is 1. The maximum atomic E-state index is 14.1. The summed E-state index contributed by atoms with van der Waals surface area (Å²) in [4.78, 5) is 31.9. The van der Waals surface area contributed by atoms with Crippen LogP contribution in [0.4, 0.5) is 40.8 Å². The molecule has 0 radical (unpaired) electrons. The number of anilines is 1. The van der Waals surface area contributed by atoms with E-state index in [-0.39, 0.29) is 49.5 Å². The van der Waals surface area contributed by atoms with E-state index in [1.54, 1.807) is 0 Å². The molecule has 0 spiro atoms. The number of halogens is 8. The Hall–Kier alpha value is -4.04. The van der Waals surface area contributed by atoms with Crippen molar-refractivity contribution in [2.24, 2.45) is 0 Å². The molecule has 2 atom stereocenters. The lowest BCUT2D eigenvalue weighted by Crippen LogP contribution is -2.57. The molecule has 0 bridgehead atoms. The Labute approximate surface area is 278 Å². The van der Waals surface area contributed by atoms with Crippen LogP contribution in [0.25, 0.3) is 0 Å². The third-order valence-corrected chi connectivity index (χ3v) is 9.21. The fourth-order valence-electron chi connectivity index (χ4n) is 6.75. The number of aryl methyl sites for hydroxylation is 2. The summed E-state index contributed by atoms with van der Waals surface area (Å²) < 4.78 is 110. The Morgan fingerprint density at radius 1 is 0.796 bits per heavy atom. The number of nitrogens with one attached hydrogen (secondary N) is 1. The van der Waals surface area contributed by atoms with Gasteiger partial charge in [0.05, 0.1) is 17.7 Å². The molecule has 2 unspecified atom stereocenters. The fourth-order valence-corrected chi connectivity index (χ4v) is 6.75. The highest BCUT2D eigenvalue weighted by molar-refractivity contribution is 5.95. The minimum Gasteiger partial charge on any atom is -0.335 e. The van der Waals surface area contributed by atoms with E-state index in [4.69, 9.17) is 0 Å². The Bertz CT molecular complexity index is 1610. The Morgan fingerprint density at radius 3 is 1.92 bits per heavy atom. The molecular formula is C35H36F8N4O2. The van der Waals surface area contributed by atoms with Crippen LogP contribution in [0.2, 0.25) is 0 Å². The lowest BCUT2D eigenvalue weighted by Gasteiger charge is -2.46. The Balaban J connectivity index is 1.31. The van der Waals surface area contributed by atoms with Gasteiger partial charge in [-0.05, 0) is 80.1 Å². The van der Waals surface area contributed by atoms with Crippen molar-refractivity contribution in [3.05, 3.63) is 99.6 Å². The summed E-state index contributed by atoms with van der Waals surface area (Å²) in [6, 6.07) is 8.44. The van der Waals surface area contributed by atoms with E-state index >= 15 is 0 Å². The summed E-state index contributed by atoms with van der Waals surface area (Å²) in [5, 5.41) is 2.98. The molecule has 2 heterocycles. The van der Waals surface area contributed by atoms with Crippen molar-refractivity contribution in [1.29, 1.82) is 0 Å². The van der Waals surface area contributed by atoms with Gasteiger partial charge in [-0.25, -0.2) is 8.78 Å². The molecule has 264 valence electrons. The smallest absolute Gasteiger partial charge is 0.335 e. The van der Waals surface area contributed by atoms with Crippen LogP contribution < -0.4 is 5.32 Å². The number of rotatable bonds is 7. The van der Waals surface area contributed by atoms with Gasteiger partial charge in [0.2, 0.25) is 5.91 Å². The van der Waals surface area contributed by atoms with E-state index in [2.05, 4.69) is 10.2 Å². The quantitative estimate of drug-likeness (QED) is 0.268. The topological polar surface area (TPSA) is 55.9 Å². The minimum atomic E-state index is -5.13. The number of nitrogens with zero attached hydrogens (tertiary/aromatic N) is 3. The summed E-state index contributed by atoms with van der Waals surface area (Å²) in [6.07, 6.45) is -9.70. The molecule has 49 heavy (non-hydrogen) atoms. The normalized spacial score (nSPS) is 19.6. The lowest BCUT2D eigenvalue weighted by molar-refractivity contribution is -0.143. The average Bonchev–Trinajstić information content (AvgIpc) is 3.01. The summed E-state index contributed by atoms with van der Waals surface area (Å²) in [7, 11) is 0. The molecule has 0 saturated carbocycles. The molecule has 14 heteroatoms. The van der Waals surface area contributed by atoms with Crippen LogP contribution in [0, 0.1) is 25.5 Å². The van der Waals surface area contributed by atoms with Crippen molar-refractivity contribution in [2.75, 3.05) is 44.6 Å². The van der Waals surface area contributed by atoms with Crippen molar-refractivity contribution in [1.82, 2.24) is 14.7 Å². The van der Waals surface area contributed by atoms with Crippen molar-refractivity contribution in [3.63, 3.8) is 0 Å². The number of benzene rings is 3. The number of amides is 2. The Kier molecular flexibility index (Phi) is 10.7. The van der Waals surface area contributed by atoms with E-state index in [9.17, 15) is 44.7 Å². The minimum absolute atomic E-state index is 0.00194. The molecule has 0 aromatic heterocycles. The van der Waals surface area contributed by atoms with Crippen LogP contribution in [0.1, 0.15) is 51.0 Å². The van der Waals surface area contributed by atoms with Gasteiger partial charge >= 0.3 is 12.4 Å².